The fourth-order valence-corrected chi connectivity index (χ4v) is 1.39. The first-order chi connectivity index (χ1) is 6.81. The molecule has 1 unspecified atom stereocenters. The molecule has 3 heteroatoms. The maximum atomic E-state index is 9.45. The molecule has 0 saturated carbocycles. The Morgan fingerprint density at radius 1 is 1.64 bits per heavy atom. The van der Waals surface area contributed by atoms with E-state index in [0.717, 1.165) is 5.56 Å². The van der Waals surface area contributed by atoms with Crippen LogP contribution >= 0.6 is 0 Å². The van der Waals surface area contributed by atoms with Crippen LogP contribution in [0.5, 0.6) is 11.5 Å². The lowest BCUT2D eigenvalue weighted by atomic mass is 10.1. The average Bonchev–Trinajstić information content (AvgIpc) is 2.57. The molecule has 3 nitrogen and oxygen atoms in total. The van der Waals surface area contributed by atoms with E-state index in [1.165, 1.54) is 0 Å². The summed E-state index contributed by atoms with van der Waals surface area (Å²) in [6, 6.07) is 5.30. The van der Waals surface area contributed by atoms with Crippen LogP contribution in [-0.4, -0.2) is 18.3 Å². The summed E-state index contributed by atoms with van der Waals surface area (Å²) in [6.07, 6.45) is 4.54. The van der Waals surface area contributed by atoms with E-state index in [1.807, 2.05) is 0 Å². The quantitative estimate of drug-likeness (QED) is 0.710. The van der Waals surface area contributed by atoms with Gasteiger partial charge >= 0.3 is 0 Å². The third-order valence-corrected chi connectivity index (χ3v) is 2.06. The number of aliphatic hydroxyl groups excluding tert-OH is 1. The van der Waals surface area contributed by atoms with E-state index in [2.05, 4.69) is 5.92 Å². The van der Waals surface area contributed by atoms with Crippen LogP contribution in [0.4, 0.5) is 0 Å². The van der Waals surface area contributed by atoms with Gasteiger partial charge in [0.25, 0.3) is 0 Å². The summed E-state index contributed by atoms with van der Waals surface area (Å²) >= 11 is 0. The Morgan fingerprint density at radius 3 is 3.29 bits per heavy atom. The van der Waals surface area contributed by atoms with Crippen LogP contribution in [0.3, 0.4) is 0 Å². The number of rotatable bonds is 2. The van der Waals surface area contributed by atoms with Gasteiger partial charge in [0.2, 0.25) is 0 Å². The molecule has 2 rings (SSSR count). The summed E-state index contributed by atoms with van der Waals surface area (Å²) in [7, 11) is 0. The van der Waals surface area contributed by atoms with Crippen molar-refractivity contribution >= 4 is 0 Å². The highest BCUT2D eigenvalue weighted by Crippen LogP contribution is 2.34. The van der Waals surface area contributed by atoms with Crippen molar-refractivity contribution in [2.45, 2.75) is 6.10 Å². The highest BCUT2D eigenvalue weighted by Gasteiger charge is 2.21. The van der Waals surface area contributed by atoms with Crippen molar-refractivity contribution in [2.24, 2.45) is 0 Å². The Balaban J connectivity index is 2.20. The van der Waals surface area contributed by atoms with Gasteiger partial charge in [-0.25, -0.2) is 0 Å². The minimum absolute atomic E-state index is 0.237. The summed E-state index contributed by atoms with van der Waals surface area (Å²) in [6.45, 7) is 0.551. The maximum absolute atomic E-state index is 9.45. The van der Waals surface area contributed by atoms with Gasteiger partial charge in [-0.3, -0.25) is 0 Å². The normalized spacial score (nSPS) is 18.1. The molecule has 0 saturated heterocycles. The van der Waals surface area contributed by atoms with Crippen LogP contribution in [0, 0.1) is 12.3 Å². The Bertz CT molecular complexity index is 379. The van der Waals surface area contributed by atoms with E-state index in [9.17, 15) is 5.11 Å². The molecule has 0 radical (unpaired) electrons. The minimum atomic E-state index is -0.522. The Morgan fingerprint density at radius 2 is 2.50 bits per heavy atom. The summed E-state index contributed by atoms with van der Waals surface area (Å²) in [5.74, 6) is 3.72. The molecular weight excluding hydrogens is 180 g/mol. The van der Waals surface area contributed by atoms with Gasteiger partial charge in [-0.05, 0) is 12.1 Å². The predicted octanol–water partition coefficient (Wildman–Crippen LogP) is 1.12. The predicted molar refractivity (Wildman–Crippen MR) is 51.2 cm³/mol. The molecule has 0 spiro atoms. The van der Waals surface area contributed by atoms with E-state index in [-0.39, 0.29) is 6.61 Å². The molecule has 1 N–H and O–H groups in total. The zero-order chi connectivity index (χ0) is 9.97. The fourth-order valence-electron chi connectivity index (χ4n) is 1.39. The van der Waals surface area contributed by atoms with Crippen LogP contribution in [0.15, 0.2) is 18.2 Å². The molecule has 0 fully saturated rings. The number of hydrogen-bond donors (Lipinski definition) is 1. The Kier molecular flexibility index (Phi) is 2.30. The Hall–Kier alpha value is -1.66. The number of hydrogen-bond acceptors (Lipinski definition) is 3. The largest absolute Gasteiger partial charge is 0.490 e. The molecule has 0 amide bonds. The third-order valence-electron chi connectivity index (χ3n) is 2.06. The van der Waals surface area contributed by atoms with E-state index >= 15 is 0 Å². The monoisotopic (exact) mass is 190 g/mol. The van der Waals surface area contributed by atoms with Crippen molar-refractivity contribution in [1.29, 1.82) is 0 Å². The van der Waals surface area contributed by atoms with Gasteiger partial charge in [0, 0.05) is 11.6 Å². The molecule has 1 atom stereocenters. The lowest BCUT2D eigenvalue weighted by Crippen LogP contribution is -1.97. The van der Waals surface area contributed by atoms with E-state index < -0.39 is 6.10 Å². The first-order valence-electron chi connectivity index (χ1n) is 4.32. The summed E-state index contributed by atoms with van der Waals surface area (Å²) in [4.78, 5) is 0. The molecule has 1 aliphatic rings. The number of benzene rings is 1. The number of fused-ring (bicyclic) bond motifs is 1. The van der Waals surface area contributed by atoms with Crippen molar-refractivity contribution in [3.8, 4) is 23.8 Å². The zero-order valence-electron chi connectivity index (χ0n) is 7.56. The maximum Gasteiger partial charge on any atom is 0.148 e. The van der Waals surface area contributed by atoms with E-state index in [4.69, 9.17) is 15.9 Å². The molecule has 72 valence electrons. The average molecular weight is 190 g/mol. The Labute approximate surface area is 82.3 Å². The van der Waals surface area contributed by atoms with Gasteiger partial charge in [-0.2, -0.15) is 0 Å². The van der Waals surface area contributed by atoms with Crippen LogP contribution in [0.1, 0.15) is 11.7 Å². The topological polar surface area (TPSA) is 38.7 Å². The van der Waals surface area contributed by atoms with Gasteiger partial charge in [-0.1, -0.05) is 5.92 Å². The summed E-state index contributed by atoms with van der Waals surface area (Å²) in [5.41, 5.74) is 0.804. The molecule has 0 aliphatic carbocycles. The van der Waals surface area contributed by atoms with Gasteiger partial charge < -0.3 is 14.6 Å². The second-order valence-corrected chi connectivity index (χ2v) is 3.02. The number of terminal acetylenes is 1. The molecule has 1 heterocycles. The number of aliphatic hydroxyl groups is 1. The van der Waals surface area contributed by atoms with E-state index in [1.54, 1.807) is 18.2 Å². The second-order valence-electron chi connectivity index (χ2n) is 3.02. The SMILES string of the molecule is C#CCOc1ccc2c(c1)OCC2O. The molecule has 1 aliphatic heterocycles. The summed E-state index contributed by atoms with van der Waals surface area (Å²) in [5, 5.41) is 9.45. The second kappa shape index (κ2) is 3.60. The summed E-state index contributed by atoms with van der Waals surface area (Å²) < 4.78 is 10.5. The lowest BCUT2D eigenvalue weighted by molar-refractivity contribution is 0.140. The van der Waals surface area contributed by atoms with Crippen LogP contribution < -0.4 is 9.47 Å². The van der Waals surface area contributed by atoms with Crippen LogP contribution in [-0.2, 0) is 0 Å². The van der Waals surface area contributed by atoms with Crippen molar-refractivity contribution < 1.29 is 14.6 Å². The van der Waals surface area contributed by atoms with E-state index in [0.29, 0.717) is 18.1 Å². The standard InChI is InChI=1S/C11H10O3/c1-2-5-13-8-3-4-9-10(12)7-14-11(9)6-8/h1,3-4,6,10,12H,5,7H2. The third kappa shape index (κ3) is 1.52. The van der Waals surface area contributed by atoms with Crippen molar-refractivity contribution in [3.63, 3.8) is 0 Å². The molecule has 1 aromatic rings. The van der Waals surface area contributed by atoms with Crippen molar-refractivity contribution in [2.75, 3.05) is 13.2 Å². The molecule has 1 aromatic carbocycles. The lowest BCUT2D eigenvalue weighted by Gasteiger charge is -2.04. The minimum Gasteiger partial charge on any atom is -0.490 e. The van der Waals surface area contributed by atoms with Crippen LogP contribution in [0.25, 0.3) is 0 Å². The molecule has 0 aromatic heterocycles. The first kappa shape index (κ1) is 8.92. The van der Waals surface area contributed by atoms with Gasteiger partial charge in [0.1, 0.15) is 30.8 Å². The van der Waals surface area contributed by atoms with Crippen LogP contribution in [0.2, 0.25) is 0 Å². The highest BCUT2D eigenvalue weighted by molar-refractivity contribution is 5.44. The van der Waals surface area contributed by atoms with Crippen molar-refractivity contribution in [1.82, 2.24) is 0 Å². The fraction of sp³-hybridized carbons (Fsp3) is 0.273. The zero-order valence-corrected chi connectivity index (χ0v) is 7.56. The molecular formula is C11H10O3. The van der Waals surface area contributed by atoms with Gasteiger partial charge in [0.15, 0.2) is 0 Å². The van der Waals surface area contributed by atoms with Gasteiger partial charge in [-0.15, -0.1) is 6.42 Å². The highest BCUT2D eigenvalue weighted by atomic mass is 16.5. The first-order valence-corrected chi connectivity index (χ1v) is 4.32. The van der Waals surface area contributed by atoms with Gasteiger partial charge in [0.05, 0.1) is 0 Å². The van der Waals surface area contributed by atoms with Crippen molar-refractivity contribution in [3.05, 3.63) is 23.8 Å². The number of ether oxygens (including phenoxy) is 2. The smallest absolute Gasteiger partial charge is 0.148 e. The molecule has 14 heavy (non-hydrogen) atoms. The molecule has 0 bridgehead atoms.